The Hall–Kier alpha value is -3.26. The molecule has 7 atom stereocenters. The number of fused-ring (bicyclic) bond motifs is 1. The van der Waals surface area contributed by atoms with E-state index >= 15 is 0 Å². The fourth-order valence-corrected chi connectivity index (χ4v) is 7.13. The number of aliphatic hydroxyl groups excluding tert-OH is 2. The number of likely N-dealkylation sites (N-methyl/N-ethyl adjacent to an activating group) is 2. The van der Waals surface area contributed by atoms with Gasteiger partial charge in [0.1, 0.15) is 36.6 Å². The maximum atomic E-state index is 14.5. The molecular formula is C26H41N10O9P. The predicted molar refractivity (Wildman–Crippen MR) is 164 cm³/mol. The molecule has 3 aromatic heterocycles. The fourth-order valence-electron chi connectivity index (χ4n) is 5.48. The normalized spacial score (nSPS) is 26.4. The number of ether oxygens (including phenoxy) is 2. The lowest BCUT2D eigenvalue weighted by Crippen LogP contribution is -2.36. The minimum atomic E-state index is -4.13. The van der Waals surface area contributed by atoms with Gasteiger partial charge in [-0.05, 0) is 26.2 Å². The number of H-pyrrole nitrogens is 1. The molecule has 0 amide bonds. The third-order valence-corrected chi connectivity index (χ3v) is 10.3. The van der Waals surface area contributed by atoms with Gasteiger partial charge in [-0.3, -0.25) is 28.0 Å². The summed E-state index contributed by atoms with van der Waals surface area (Å²) < 4.78 is 42.7. The van der Waals surface area contributed by atoms with Gasteiger partial charge in [-0.15, -0.1) is 0 Å². The van der Waals surface area contributed by atoms with Crippen LogP contribution < -0.4 is 22.7 Å². The minimum Gasteiger partial charge on any atom is -0.394 e. The Morgan fingerprint density at radius 3 is 2.52 bits per heavy atom. The molecule has 5 rings (SSSR count). The van der Waals surface area contributed by atoms with Crippen molar-refractivity contribution < 1.29 is 33.3 Å². The molecule has 254 valence electrons. The standard InChI is InChI=1S/C26H41N10O9P/c1-4-34(5-2)9-8-33(3)46(41,45-16-11-21(43-17(16)12-37)35-7-6-19(27)30-26(35)40)42-13-18-15(38)10-20(44-18)36-14-29-22-23(36)31-25(28)32-24(22)39/h6-7,14-18,20-21,37-38H,4-5,8-13H2,1-3H3,(H2,27,30,40)(H3,28,31,32,39)/t15-,16-,17-,18-,20-,21-,46?/m1/s1. The number of rotatable bonds is 14. The van der Waals surface area contributed by atoms with Crippen molar-refractivity contribution in [1.29, 1.82) is 0 Å². The van der Waals surface area contributed by atoms with Gasteiger partial charge in [-0.25, -0.2) is 19.0 Å². The lowest BCUT2D eigenvalue weighted by atomic mass is 10.2. The van der Waals surface area contributed by atoms with Crippen LogP contribution in [0.5, 0.6) is 0 Å². The number of hydrogen-bond acceptors (Lipinski definition) is 15. The SMILES string of the molecule is CCN(CC)CCN(C)P(=O)(OC[C@H]1O[C@@H](n2cnc3c(=O)[nH]c(N)nc32)C[C@H]1O)O[C@@H]1C[C@H](n2ccc(N)nc2=O)O[C@@H]1CO. The summed E-state index contributed by atoms with van der Waals surface area (Å²) in [6.07, 6.45) is -2.51. The lowest BCUT2D eigenvalue weighted by Gasteiger charge is -2.32. The van der Waals surface area contributed by atoms with Crippen molar-refractivity contribution in [1.82, 2.24) is 38.6 Å². The Morgan fingerprint density at radius 2 is 1.83 bits per heavy atom. The Morgan fingerprint density at radius 1 is 1.11 bits per heavy atom. The van der Waals surface area contributed by atoms with Gasteiger partial charge < -0.3 is 36.1 Å². The maximum absolute atomic E-state index is 14.5. The first-order valence-corrected chi connectivity index (χ1v) is 16.5. The Balaban J connectivity index is 1.33. The Bertz CT molecular complexity index is 1660. The molecule has 0 bridgehead atoms. The van der Waals surface area contributed by atoms with Crippen LogP contribution in [0.15, 0.2) is 28.2 Å². The summed E-state index contributed by atoms with van der Waals surface area (Å²) in [5, 5.41) is 21.0. The zero-order valence-corrected chi connectivity index (χ0v) is 26.7. The van der Waals surface area contributed by atoms with Gasteiger partial charge in [-0.2, -0.15) is 9.97 Å². The topological polar surface area (TPSA) is 251 Å². The molecule has 20 heteroatoms. The molecule has 0 radical (unpaired) electrons. The number of nitrogen functional groups attached to an aromatic ring is 2. The first-order valence-electron chi connectivity index (χ1n) is 15.0. The number of imidazole rings is 1. The van der Waals surface area contributed by atoms with E-state index in [0.29, 0.717) is 13.1 Å². The number of nitrogens with two attached hydrogens (primary N) is 2. The molecule has 19 nitrogen and oxygen atoms in total. The van der Waals surface area contributed by atoms with E-state index in [-0.39, 0.29) is 42.4 Å². The molecule has 2 saturated heterocycles. The van der Waals surface area contributed by atoms with Crippen molar-refractivity contribution in [3.8, 4) is 0 Å². The average Bonchev–Trinajstić information content (AvgIpc) is 3.73. The number of aromatic nitrogens is 6. The molecule has 5 heterocycles. The van der Waals surface area contributed by atoms with Crippen LogP contribution in [0.3, 0.4) is 0 Å². The van der Waals surface area contributed by atoms with E-state index in [0.717, 1.165) is 13.1 Å². The number of anilines is 2. The average molecular weight is 669 g/mol. The van der Waals surface area contributed by atoms with E-state index in [2.05, 4.69) is 24.8 Å². The van der Waals surface area contributed by atoms with Crippen LogP contribution >= 0.6 is 7.75 Å². The lowest BCUT2D eigenvalue weighted by molar-refractivity contribution is -0.0545. The summed E-state index contributed by atoms with van der Waals surface area (Å²) in [6.45, 7) is 5.67. The van der Waals surface area contributed by atoms with E-state index in [1.807, 2.05) is 13.8 Å². The van der Waals surface area contributed by atoms with E-state index in [4.69, 9.17) is 30.0 Å². The van der Waals surface area contributed by atoms with Gasteiger partial charge in [0, 0.05) is 32.1 Å². The van der Waals surface area contributed by atoms with Crippen molar-refractivity contribution in [2.75, 3.05) is 57.9 Å². The second-order valence-electron chi connectivity index (χ2n) is 11.1. The third-order valence-electron chi connectivity index (χ3n) is 8.21. The van der Waals surface area contributed by atoms with Crippen LogP contribution in [0.1, 0.15) is 39.1 Å². The van der Waals surface area contributed by atoms with Gasteiger partial charge in [0.25, 0.3) is 5.56 Å². The molecule has 0 spiro atoms. The van der Waals surface area contributed by atoms with Gasteiger partial charge in [0.15, 0.2) is 11.2 Å². The molecule has 3 aromatic rings. The Labute approximate surface area is 263 Å². The van der Waals surface area contributed by atoms with Crippen molar-refractivity contribution in [3.63, 3.8) is 0 Å². The van der Waals surface area contributed by atoms with Crippen molar-refractivity contribution in [2.45, 2.75) is 63.6 Å². The van der Waals surface area contributed by atoms with Crippen LogP contribution in [0.4, 0.5) is 11.8 Å². The highest BCUT2D eigenvalue weighted by Gasteiger charge is 2.45. The molecule has 2 fully saturated rings. The molecule has 2 aliphatic heterocycles. The summed E-state index contributed by atoms with van der Waals surface area (Å²) in [4.78, 5) is 41.2. The monoisotopic (exact) mass is 668 g/mol. The zero-order valence-electron chi connectivity index (χ0n) is 25.8. The Kier molecular flexibility index (Phi) is 10.6. The second-order valence-corrected chi connectivity index (χ2v) is 13.2. The maximum Gasteiger partial charge on any atom is 0.408 e. The number of nitrogens with zero attached hydrogens (tertiary/aromatic N) is 7. The summed E-state index contributed by atoms with van der Waals surface area (Å²) in [6, 6.07) is 1.44. The molecule has 1 unspecified atom stereocenters. The van der Waals surface area contributed by atoms with Crippen LogP contribution in [-0.4, -0.2) is 120 Å². The van der Waals surface area contributed by atoms with E-state index in [1.165, 1.54) is 32.4 Å². The highest BCUT2D eigenvalue weighted by molar-refractivity contribution is 7.51. The first kappa shape index (κ1) is 34.1. The van der Waals surface area contributed by atoms with Crippen LogP contribution in [-0.2, 0) is 23.1 Å². The molecule has 0 saturated carbocycles. The number of hydrogen-bond donors (Lipinski definition) is 5. The minimum absolute atomic E-state index is 0.0484. The third kappa shape index (κ3) is 7.17. The zero-order chi connectivity index (χ0) is 33.2. The molecule has 46 heavy (non-hydrogen) atoms. The van der Waals surface area contributed by atoms with Crippen LogP contribution in [0.2, 0.25) is 0 Å². The van der Waals surface area contributed by atoms with Gasteiger partial charge in [-0.1, -0.05) is 13.8 Å². The first-order chi connectivity index (χ1) is 22.0. The van der Waals surface area contributed by atoms with Gasteiger partial charge >= 0.3 is 13.4 Å². The van der Waals surface area contributed by atoms with Gasteiger partial charge in [0.05, 0.1) is 25.6 Å². The van der Waals surface area contributed by atoms with Crippen molar-refractivity contribution >= 4 is 30.7 Å². The smallest absolute Gasteiger partial charge is 0.394 e. The fraction of sp³-hybridized carbons (Fsp3) is 0.654. The summed E-state index contributed by atoms with van der Waals surface area (Å²) in [5.41, 5.74) is 10.4. The van der Waals surface area contributed by atoms with Gasteiger partial charge in [0.2, 0.25) is 5.95 Å². The highest BCUT2D eigenvalue weighted by Crippen LogP contribution is 2.54. The molecule has 7 N–H and O–H groups in total. The molecule has 0 aliphatic carbocycles. The van der Waals surface area contributed by atoms with Crippen LogP contribution in [0.25, 0.3) is 11.2 Å². The highest BCUT2D eigenvalue weighted by atomic mass is 31.2. The molecular weight excluding hydrogens is 627 g/mol. The number of aromatic amines is 1. The number of aliphatic hydroxyl groups is 2. The second kappa shape index (κ2) is 14.2. The summed E-state index contributed by atoms with van der Waals surface area (Å²) in [5.74, 6) is -0.0484. The summed E-state index contributed by atoms with van der Waals surface area (Å²) >= 11 is 0. The van der Waals surface area contributed by atoms with Crippen LogP contribution in [0, 0.1) is 0 Å². The summed E-state index contributed by atoms with van der Waals surface area (Å²) in [7, 11) is -2.53. The quantitative estimate of drug-likeness (QED) is 0.133. The molecule has 2 aliphatic rings. The number of nitrogens with one attached hydrogen (secondary N) is 1. The van der Waals surface area contributed by atoms with Crippen molar-refractivity contribution in [3.05, 3.63) is 39.4 Å². The largest absolute Gasteiger partial charge is 0.408 e. The van der Waals surface area contributed by atoms with E-state index in [1.54, 1.807) is 7.05 Å². The predicted octanol–water partition coefficient (Wildman–Crippen LogP) is -0.747. The molecule has 0 aromatic carbocycles. The van der Waals surface area contributed by atoms with E-state index < -0.39 is 62.5 Å². The van der Waals surface area contributed by atoms with E-state index in [9.17, 15) is 24.4 Å². The van der Waals surface area contributed by atoms with Crippen molar-refractivity contribution in [2.24, 2.45) is 0 Å².